The van der Waals surface area contributed by atoms with Crippen molar-refractivity contribution >= 4 is 5.78 Å². The molecule has 0 bridgehead atoms. The monoisotopic (exact) mass is 239 g/mol. The van der Waals surface area contributed by atoms with Crippen LogP contribution in [0.4, 0.5) is 0 Å². The summed E-state index contributed by atoms with van der Waals surface area (Å²) in [5, 5.41) is 9.88. The maximum absolute atomic E-state index is 11.9. The summed E-state index contributed by atoms with van der Waals surface area (Å²) in [5.41, 5.74) is 0.0271. The highest BCUT2D eigenvalue weighted by atomic mass is 16.3. The first-order valence-electron chi connectivity index (χ1n) is 6.97. The van der Waals surface area contributed by atoms with Crippen molar-refractivity contribution in [3.63, 3.8) is 0 Å². The average molecular weight is 239 g/mol. The fourth-order valence-corrected chi connectivity index (χ4v) is 3.16. The highest BCUT2D eigenvalue weighted by molar-refractivity contribution is 5.86. The molecular weight excluding hydrogens is 214 g/mol. The minimum Gasteiger partial charge on any atom is -0.392 e. The molecule has 98 valence electrons. The smallest absolute Gasteiger partial charge is 0.139 e. The zero-order valence-corrected chi connectivity index (χ0v) is 11.1. The zero-order valence-electron chi connectivity index (χ0n) is 11.1. The minimum atomic E-state index is -0.233. The molecule has 1 aliphatic carbocycles. The molecule has 0 aromatic rings. The molecule has 1 saturated carbocycles. The van der Waals surface area contributed by atoms with Crippen molar-refractivity contribution in [3.05, 3.63) is 0 Å². The number of β-amino-alcohol motifs (C(OH)–C–C–N with tert-alkyl or cyclic N) is 1. The Hall–Kier alpha value is -0.410. The largest absolute Gasteiger partial charge is 0.392 e. The number of hydrogen-bond acceptors (Lipinski definition) is 3. The molecule has 2 fully saturated rings. The van der Waals surface area contributed by atoms with E-state index >= 15 is 0 Å². The van der Waals surface area contributed by atoms with E-state index in [0.717, 1.165) is 51.7 Å². The second-order valence-corrected chi connectivity index (χ2v) is 6.17. The summed E-state index contributed by atoms with van der Waals surface area (Å²) in [6.45, 7) is 6.83. The van der Waals surface area contributed by atoms with Gasteiger partial charge in [-0.2, -0.15) is 0 Å². The Morgan fingerprint density at radius 1 is 1.29 bits per heavy atom. The number of rotatable bonds is 3. The Balaban J connectivity index is 1.84. The standard InChI is InChI=1S/C14H25NO2/c1-11(2)12(16)10-15-8-6-14(7-9-15)5-3-4-13(14)17/h11-12,16H,3-10H2,1-2H3. The third-order valence-electron chi connectivity index (χ3n) is 4.68. The molecule has 3 nitrogen and oxygen atoms in total. The number of nitrogens with zero attached hydrogens (tertiary/aromatic N) is 1. The molecule has 1 atom stereocenters. The fraction of sp³-hybridized carbons (Fsp3) is 0.929. The van der Waals surface area contributed by atoms with Gasteiger partial charge < -0.3 is 10.0 Å². The van der Waals surface area contributed by atoms with E-state index in [1.54, 1.807) is 0 Å². The number of piperidine rings is 1. The number of hydrogen-bond donors (Lipinski definition) is 1. The summed E-state index contributed by atoms with van der Waals surface area (Å²) in [7, 11) is 0. The van der Waals surface area contributed by atoms with E-state index in [-0.39, 0.29) is 11.5 Å². The van der Waals surface area contributed by atoms with Crippen LogP contribution in [0.3, 0.4) is 0 Å². The lowest BCUT2D eigenvalue weighted by Crippen LogP contribution is -2.45. The van der Waals surface area contributed by atoms with Crippen LogP contribution in [0.25, 0.3) is 0 Å². The number of Topliss-reactive ketones (excluding diaryl/α,β-unsaturated/α-hetero) is 1. The van der Waals surface area contributed by atoms with E-state index in [9.17, 15) is 9.90 Å². The third kappa shape index (κ3) is 2.71. The van der Waals surface area contributed by atoms with Gasteiger partial charge in [-0.15, -0.1) is 0 Å². The molecule has 1 saturated heterocycles. The molecule has 3 heteroatoms. The lowest BCUT2D eigenvalue weighted by Gasteiger charge is -2.39. The van der Waals surface area contributed by atoms with E-state index in [2.05, 4.69) is 18.7 Å². The third-order valence-corrected chi connectivity index (χ3v) is 4.68. The Morgan fingerprint density at radius 3 is 2.41 bits per heavy atom. The molecular formula is C14H25NO2. The van der Waals surface area contributed by atoms with E-state index in [1.165, 1.54) is 0 Å². The Morgan fingerprint density at radius 2 is 1.94 bits per heavy atom. The Bertz CT molecular complexity index is 280. The van der Waals surface area contributed by atoms with Crippen molar-refractivity contribution in [3.8, 4) is 0 Å². The highest BCUT2D eigenvalue weighted by Gasteiger charge is 2.43. The molecule has 0 amide bonds. The molecule has 2 rings (SSSR count). The first-order valence-corrected chi connectivity index (χ1v) is 6.97. The molecule has 0 aromatic carbocycles. The van der Waals surface area contributed by atoms with Crippen molar-refractivity contribution in [2.45, 2.75) is 52.1 Å². The molecule has 17 heavy (non-hydrogen) atoms. The summed E-state index contributed by atoms with van der Waals surface area (Å²) >= 11 is 0. The van der Waals surface area contributed by atoms with Gasteiger partial charge in [0.2, 0.25) is 0 Å². The number of ketones is 1. The van der Waals surface area contributed by atoms with E-state index in [0.29, 0.717) is 11.7 Å². The van der Waals surface area contributed by atoms with Crippen LogP contribution in [-0.4, -0.2) is 41.5 Å². The minimum absolute atomic E-state index is 0.0271. The summed E-state index contributed by atoms with van der Waals surface area (Å²) in [6, 6.07) is 0. The first-order chi connectivity index (χ1) is 8.03. The fourth-order valence-electron chi connectivity index (χ4n) is 3.16. The van der Waals surface area contributed by atoms with Gasteiger partial charge >= 0.3 is 0 Å². The number of carbonyl (C=O) groups is 1. The van der Waals surface area contributed by atoms with Gasteiger partial charge in [0.15, 0.2) is 0 Å². The maximum atomic E-state index is 11.9. The summed E-state index contributed by atoms with van der Waals surface area (Å²) < 4.78 is 0. The second kappa shape index (κ2) is 5.07. The van der Waals surface area contributed by atoms with Crippen LogP contribution in [0.2, 0.25) is 0 Å². The molecule has 0 aromatic heterocycles. The Labute approximate surface area is 104 Å². The van der Waals surface area contributed by atoms with Gasteiger partial charge in [-0.25, -0.2) is 0 Å². The normalized spacial score (nSPS) is 26.9. The maximum Gasteiger partial charge on any atom is 0.139 e. The lowest BCUT2D eigenvalue weighted by molar-refractivity contribution is -0.128. The van der Waals surface area contributed by atoms with Crippen LogP contribution in [0.1, 0.15) is 46.0 Å². The van der Waals surface area contributed by atoms with Crippen LogP contribution < -0.4 is 0 Å². The number of likely N-dealkylation sites (tertiary alicyclic amines) is 1. The van der Waals surface area contributed by atoms with Crippen molar-refractivity contribution in [2.75, 3.05) is 19.6 Å². The van der Waals surface area contributed by atoms with E-state index in [4.69, 9.17) is 0 Å². The number of carbonyl (C=O) groups excluding carboxylic acids is 1. The van der Waals surface area contributed by atoms with Crippen molar-refractivity contribution in [1.82, 2.24) is 4.90 Å². The predicted molar refractivity (Wildman–Crippen MR) is 67.8 cm³/mol. The number of aliphatic hydroxyl groups is 1. The zero-order chi connectivity index (χ0) is 12.5. The van der Waals surface area contributed by atoms with Gasteiger partial charge in [0.25, 0.3) is 0 Å². The summed E-state index contributed by atoms with van der Waals surface area (Å²) in [4.78, 5) is 14.2. The molecule has 2 aliphatic rings. The van der Waals surface area contributed by atoms with Crippen molar-refractivity contribution in [1.29, 1.82) is 0 Å². The summed E-state index contributed by atoms with van der Waals surface area (Å²) in [5.74, 6) is 0.820. The van der Waals surface area contributed by atoms with Gasteiger partial charge in [0.1, 0.15) is 5.78 Å². The highest BCUT2D eigenvalue weighted by Crippen LogP contribution is 2.43. The van der Waals surface area contributed by atoms with Gasteiger partial charge in [-0.3, -0.25) is 4.79 Å². The van der Waals surface area contributed by atoms with Crippen LogP contribution in [-0.2, 0) is 4.79 Å². The second-order valence-electron chi connectivity index (χ2n) is 6.17. The van der Waals surface area contributed by atoms with E-state index in [1.807, 2.05) is 0 Å². The SMILES string of the molecule is CC(C)C(O)CN1CCC2(CCCC2=O)CC1. The molecule has 1 spiro atoms. The lowest BCUT2D eigenvalue weighted by atomic mass is 9.76. The van der Waals surface area contributed by atoms with Crippen LogP contribution >= 0.6 is 0 Å². The Kier molecular flexibility index (Phi) is 3.88. The van der Waals surface area contributed by atoms with Gasteiger partial charge in [-0.05, 0) is 44.7 Å². The quantitative estimate of drug-likeness (QED) is 0.817. The number of aliphatic hydroxyl groups excluding tert-OH is 1. The van der Waals surface area contributed by atoms with Crippen LogP contribution in [0, 0.1) is 11.3 Å². The topological polar surface area (TPSA) is 40.5 Å². The molecule has 0 radical (unpaired) electrons. The van der Waals surface area contributed by atoms with Crippen LogP contribution in [0.5, 0.6) is 0 Å². The molecule has 1 aliphatic heterocycles. The molecule has 1 heterocycles. The molecule has 1 unspecified atom stereocenters. The summed E-state index contributed by atoms with van der Waals surface area (Å²) in [6.07, 6.45) is 4.78. The van der Waals surface area contributed by atoms with Gasteiger partial charge in [-0.1, -0.05) is 13.8 Å². The van der Waals surface area contributed by atoms with Crippen molar-refractivity contribution in [2.24, 2.45) is 11.3 Å². The van der Waals surface area contributed by atoms with Crippen LogP contribution in [0.15, 0.2) is 0 Å². The molecule has 1 N–H and O–H groups in total. The van der Waals surface area contributed by atoms with E-state index < -0.39 is 0 Å². The predicted octanol–water partition coefficient (Wildman–Crippen LogP) is 1.84. The first kappa shape index (κ1) is 13.0. The van der Waals surface area contributed by atoms with Crippen molar-refractivity contribution < 1.29 is 9.90 Å². The average Bonchev–Trinajstić information content (AvgIpc) is 2.64. The van der Waals surface area contributed by atoms with Gasteiger partial charge in [0.05, 0.1) is 6.10 Å². The van der Waals surface area contributed by atoms with Gasteiger partial charge in [0, 0.05) is 18.4 Å².